The number of hydrogen-bond acceptors (Lipinski definition) is 5. The zero-order chi connectivity index (χ0) is 17.3. The molecular weight excluding hydrogens is 328 g/mol. The van der Waals surface area contributed by atoms with Crippen molar-refractivity contribution in [3.05, 3.63) is 48.5 Å². The Labute approximate surface area is 151 Å². The third-order valence-electron chi connectivity index (χ3n) is 5.10. The molecule has 2 atom stereocenters. The van der Waals surface area contributed by atoms with Crippen LogP contribution in [0.4, 0.5) is 5.69 Å². The van der Waals surface area contributed by atoms with Crippen LogP contribution >= 0.6 is 0 Å². The van der Waals surface area contributed by atoms with Crippen LogP contribution in [0.1, 0.15) is 31.1 Å². The maximum Gasteiger partial charge on any atom is 0.145 e. The average molecular weight is 348 g/mol. The normalized spacial score (nSPS) is 21.7. The third kappa shape index (κ3) is 2.86. The summed E-state index contributed by atoms with van der Waals surface area (Å²) >= 11 is 0. The van der Waals surface area contributed by atoms with E-state index in [4.69, 9.17) is 9.47 Å². The van der Waals surface area contributed by atoms with Crippen molar-refractivity contribution in [2.45, 2.75) is 38.0 Å². The van der Waals surface area contributed by atoms with E-state index in [1.54, 1.807) is 6.33 Å². The van der Waals surface area contributed by atoms with Gasteiger partial charge in [-0.2, -0.15) is 0 Å². The maximum absolute atomic E-state index is 6.30. The van der Waals surface area contributed by atoms with Gasteiger partial charge in [0.05, 0.1) is 6.10 Å². The summed E-state index contributed by atoms with van der Waals surface area (Å²) in [5.41, 5.74) is 3.15. The monoisotopic (exact) mass is 348 g/mol. The molecule has 0 bridgehead atoms. The first kappa shape index (κ1) is 15.5. The van der Waals surface area contributed by atoms with Gasteiger partial charge in [-0.1, -0.05) is 6.07 Å². The van der Waals surface area contributed by atoms with Crippen molar-refractivity contribution in [1.29, 1.82) is 0 Å². The number of rotatable bonds is 4. The van der Waals surface area contributed by atoms with Gasteiger partial charge in [-0.25, -0.2) is 9.97 Å². The Hall–Kier alpha value is -2.73. The number of nitrogens with zero attached hydrogens (tertiary/aromatic N) is 4. The van der Waals surface area contributed by atoms with Crippen LogP contribution in [0.3, 0.4) is 0 Å². The molecule has 6 heteroatoms. The molecule has 0 N–H and O–H groups in total. The molecule has 1 saturated heterocycles. The van der Waals surface area contributed by atoms with Crippen LogP contribution in [0.15, 0.2) is 48.0 Å². The van der Waals surface area contributed by atoms with Crippen molar-refractivity contribution in [3.8, 4) is 5.75 Å². The average Bonchev–Trinajstić information content (AvgIpc) is 3.33. The van der Waals surface area contributed by atoms with Crippen LogP contribution in [-0.2, 0) is 11.2 Å². The second-order valence-corrected chi connectivity index (χ2v) is 6.78. The number of benzene rings is 1. The Bertz CT molecular complexity index is 965. The molecule has 2 aliphatic heterocycles. The second-order valence-electron chi connectivity index (χ2n) is 6.78. The van der Waals surface area contributed by atoms with E-state index in [9.17, 15) is 0 Å². The quantitative estimate of drug-likeness (QED) is 0.719. The minimum Gasteiger partial charge on any atom is -0.486 e. The molecule has 2 unspecified atom stereocenters. The summed E-state index contributed by atoms with van der Waals surface area (Å²) in [6.45, 7) is 0.558. The molecule has 1 aromatic carbocycles. The SMILES string of the molecule is C1=Nc2cc(CCC3CCC(n4ccc5cncnc54)O3)ccc2OC1. The molecular formula is C20H20N4O2. The zero-order valence-electron chi connectivity index (χ0n) is 14.4. The van der Waals surface area contributed by atoms with E-state index in [1.807, 2.05) is 30.7 Å². The van der Waals surface area contributed by atoms with E-state index >= 15 is 0 Å². The Kier molecular flexibility index (Phi) is 3.90. The molecule has 4 heterocycles. The largest absolute Gasteiger partial charge is 0.486 e. The summed E-state index contributed by atoms with van der Waals surface area (Å²) in [7, 11) is 0. The van der Waals surface area contributed by atoms with Crippen LogP contribution in [0.5, 0.6) is 5.75 Å². The molecule has 2 aromatic heterocycles. The fourth-order valence-corrected chi connectivity index (χ4v) is 3.77. The van der Waals surface area contributed by atoms with Crippen molar-refractivity contribution < 1.29 is 9.47 Å². The van der Waals surface area contributed by atoms with Gasteiger partial charge in [0.1, 0.15) is 36.2 Å². The number of fused-ring (bicyclic) bond motifs is 2. The molecule has 132 valence electrons. The molecule has 26 heavy (non-hydrogen) atoms. The Morgan fingerprint density at radius 1 is 1.19 bits per heavy atom. The van der Waals surface area contributed by atoms with Gasteiger partial charge in [-0.15, -0.1) is 0 Å². The summed E-state index contributed by atoms with van der Waals surface area (Å²) < 4.78 is 14.0. The van der Waals surface area contributed by atoms with Gasteiger partial charge in [-0.05, 0) is 49.4 Å². The summed E-state index contributed by atoms with van der Waals surface area (Å²) in [5.74, 6) is 0.870. The first-order valence-electron chi connectivity index (χ1n) is 9.07. The van der Waals surface area contributed by atoms with Crippen LogP contribution in [0.2, 0.25) is 0 Å². The maximum atomic E-state index is 6.30. The molecule has 0 radical (unpaired) electrons. The number of aliphatic imine (C=N–C) groups is 1. The highest BCUT2D eigenvalue weighted by molar-refractivity contribution is 5.74. The third-order valence-corrected chi connectivity index (χ3v) is 5.10. The van der Waals surface area contributed by atoms with Gasteiger partial charge >= 0.3 is 0 Å². The van der Waals surface area contributed by atoms with E-state index in [0.717, 1.165) is 48.2 Å². The van der Waals surface area contributed by atoms with E-state index < -0.39 is 0 Å². The molecule has 2 aliphatic rings. The lowest BCUT2D eigenvalue weighted by atomic mass is 10.0. The van der Waals surface area contributed by atoms with Crippen molar-refractivity contribution in [2.75, 3.05) is 6.61 Å². The van der Waals surface area contributed by atoms with Crippen LogP contribution in [0, 0.1) is 0 Å². The second kappa shape index (κ2) is 6.53. The molecule has 0 spiro atoms. The minimum absolute atomic E-state index is 0.0638. The predicted octanol–water partition coefficient (Wildman–Crippen LogP) is 3.84. The van der Waals surface area contributed by atoms with E-state index in [-0.39, 0.29) is 12.3 Å². The van der Waals surface area contributed by atoms with Gasteiger partial charge in [0.15, 0.2) is 0 Å². The van der Waals surface area contributed by atoms with Gasteiger partial charge in [-0.3, -0.25) is 4.99 Å². The van der Waals surface area contributed by atoms with Gasteiger partial charge in [0.2, 0.25) is 0 Å². The molecule has 0 amide bonds. The van der Waals surface area contributed by atoms with E-state index in [1.165, 1.54) is 5.56 Å². The molecule has 0 aliphatic carbocycles. The number of aromatic nitrogens is 3. The van der Waals surface area contributed by atoms with Crippen molar-refractivity contribution in [3.63, 3.8) is 0 Å². The van der Waals surface area contributed by atoms with Crippen molar-refractivity contribution in [1.82, 2.24) is 14.5 Å². The van der Waals surface area contributed by atoms with Gasteiger partial charge in [0.25, 0.3) is 0 Å². The highest BCUT2D eigenvalue weighted by Crippen LogP contribution is 2.34. The summed E-state index contributed by atoms with van der Waals surface area (Å²) in [6.07, 6.45) is 11.7. The summed E-state index contributed by atoms with van der Waals surface area (Å²) in [4.78, 5) is 12.9. The fraction of sp³-hybridized carbons (Fsp3) is 0.350. The predicted molar refractivity (Wildman–Crippen MR) is 99.1 cm³/mol. The van der Waals surface area contributed by atoms with E-state index in [2.05, 4.69) is 31.7 Å². The van der Waals surface area contributed by atoms with Crippen molar-refractivity contribution >= 4 is 22.9 Å². The Morgan fingerprint density at radius 3 is 3.19 bits per heavy atom. The summed E-state index contributed by atoms with van der Waals surface area (Å²) in [5, 5.41) is 1.05. The van der Waals surface area contributed by atoms with Crippen LogP contribution in [0.25, 0.3) is 11.0 Å². The molecule has 6 nitrogen and oxygen atoms in total. The standard InChI is InChI=1S/C20H20N4O2/c1(14-2-5-18-17(11-14)22-8-10-25-18)3-16-4-6-19(26-16)24-9-7-15-12-21-13-23-20(15)24/h2,5,7-9,11-13,16,19H,1,3-4,6,10H2. The minimum atomic E-state index is 0.0638. The molecule has 5 rings (SSSR count). The first-order valence-corrected chi connectivity index (χ1v) is 9.07. The van der Waals surface area contributed by atoms with Gasteiger partial charge in [0, 0.05) is 24.0 Å². The highest BCUT2D eigenvalue weighted by Gasteiger charge is 2.27. The van der Waals surface area contributed by atoms with Gasteiger partial charge < -0.3 is 14.0 Å². The molecule has 3 aromatic rings. The zero-order valence-corrected chi connectivity index (χ0v) is 14.4. The van der Waals surface area contributed by atoms with Crippen LogP contribution in [-0.4, -0.2) is 33.5 Å². The number of hydrogen-bond donors (Lipinski definition) is 0. The first-order chi connectivity index (χ1) is 12.9. The van der Waals surface area contributed by atoms with Crippen molar-refractivity contribution in [2.24, 2.45) is 4.99 Å². The fourth-order valence-electron chi connectivity index (χ4n) is 3.77. The lowest BCUT2D eigenvalue weighted by Gasteiger charge is -2.16. The highest BCUT2D eigenvalue weighted by atomic mass is 16.5. The number of ether oxygens (including phenoxy) is 2. The lowest BCUT2D eigenvalue weighted by Crippen LogP contribution is -2.12. The molecule has 0 saturated carbocycles. The summed E-state index contributed by atoms with van der Waals surface area (Å²) in [6, 6.07) is 8.31. The van der Waals surface area contributed by atoms with E-state index in [0.29, 0.717) is 6.61 Å². The molecule has 1 fully saturated rings. The Balaban J connectivity index is 1.24. The Morgan fingerprint density at radius 2 is 2.19 bits per heavy atom. The lowest BCUT2D eigenvalue weighted by molar-refractivity contribution is 0.00119. The smallest absolute Gasteiger partial charge is 0.145 e. The number of aryl methyl sites for hydroxylation is 1. The topological polar surface area (TPSA) is 61.5 Å². The van der Waals surface area contributed by atoms with Crippen LogP contribution < -0.4 is 4.74 Å².